The first-order chi connectivity index (χ1) is 13.5. The van der Waals surface area contributed by atoms with Crippen LogP contribution in [0.3, 0.4) is 0 Å². The Morgan fingerprint density at radius 2 is 1.93 bits per heavy atom. The van der Waals surface area contributed by atoms with E-state index in [9.17, 15) is 9.18 Å². The Morgan fingerprint density at radius 1 is 1.29 bits per heavy atom. The predicted molar refractivity (Wildman–Crippen MR) is 108 cm³/mol. The number of aliphatic imine (C=N–C) groups is 1. The Morgan fingerprint density at radius 3 is 2.54 bits per heavy atom. The van der Waals surface area contributed by atoms with Gasteiger partial charge in [0.15, 0.2) is 5.96 Å². The molecule has 1 heterocycles. The molecule has 0 aromatic heterocycles. The number of benzene rings is 1. The van der Waals surface area contributed by atoms with Crippen molar-refractivity contribution < 1.29 is 13.9 Å². The monoisotopic (exact) mass is 390 g/mol. The van der Waals surface area contributed by atoms with Crippen LogP contribution in [0.1, 0.15) is 51.0 Å². The number of likely N-dealkylation sites (tertiary alicyclic amines) is 1. The fourth-order valence-corrected chi connectivity index (χ4v) is 4.31. The van der Waals surface area contributed by atoms with Gasteiger partial charge in [-0.15, -0.1) is 0 Å². The number of amides is 1. The summed E-state index contributed by atoms with van der Waals surface area (Å²) < 4.78 is 18.4. The molecule has 2 aliphatic rings. The van der Waals surface area contributed by atoms with Gasteiger partial charge in [0.2, 0.25) is 0 Å². The minimum absolute atomic E-state index is 0.0483. The van der Waals surface area contributed by atoms with Crippen molar-refractivity contribution in [2.75, 3.05) is 26.2 Å². The van der Waals surface area contributed by atoms with Gasteiger partial charge in [-0.2, -0.15) is 0 Å². The highest BCUT2D eigenvalue weighted by atomic mass is 19.1. The van der Waals surface area contributed by atoms with Crippen molar-refractivity contribution in [1.82, 2.24) is 10.2 Å². The highest BCUT2D eigenvalue weighted by Crippen LogP contribution is 2.41. The molecule has 0 atom stereocenters. The Labute approximate surface area is 166 Å². The molecular formula is C21H31FN4O2. The molecule has 28 heavy (non-hydrogen) atoms. The zero-order chi connectivity index (χ0) is 20.0. The van der Waals surface area contributed by atoms with Crippen molar-refractivity contribution in [3.8, 4) is 0 Å². The average Bonchev–Trinajstić information content (AvgIpc) is 3.18. The number of ether oxygens (including phenoxy) is 1. The van der Waals surface area contributed by atoms with E-state index in [1.807, 2.05) is 19.1 Å². The van der Waals surface area contributed by atoms with E-state index in [1.165, 1.54) is 12.1 Å². The maximum absolute atomic E-state index is 13.3. The molecule has 3 rings (SSSR count). The van der Waals surface area contributed by atoms with Gasteiger partial charge >= 0.3 is 6.09 Å². The zero-order valence-corrected chi connectivity index (χ0v) is 16.6. The van der Waals surface area contributed by atoms with Crippen LogP contribution >= 0.6 is 0 Å². The standard InChI is InChI=1S/C21H31FN4O2/c1-2-28-20(27)26-13-9-18(10-14-26)25-19(23)24-15-21(11-3-4-12-21)16-5-7-17(22)8-6-16/h5-8,18H,2-4,9-15H2,1H3,(H3,23,24,25). The van der Waals surface area contributed by atoms with Crippen LogP contribution in [0.4, 0.5) is 9.18 Å². The Bertz CT molecular complexity index is 678. The lowest BCUT2D eigenvalue weighted by molar-refractivity contribution is 0.0963. The number of nitrogens with two attached hydrogens (primary N) is 1. The van der Waals surface area contributed by atoms with Gasteiger partial charge in [0.25, 0.3) is 0 Å². The molecule has 1 saturated carbocycles. The number of halogens is 1. The lowest BCUT2D eigenvalue weighted by Gasteiger charge is -2.32. The van der Waals surface area contributed by atoms with Gasteiger partial charge < -0.3 is 20.7 Å². The highest BCUT2D eigenvalue weighted by molar-refractivity contribution is 5.78. The van der Waals surface area contributed by atoms with E-state index < -0.39 is 0 Å². The summed E-state index contributed by atoms with van der Waals surface area (Å²) in [5, 5.41) is 3.30. The molecule has 1 saturated heterocycles. The van der Waals surface area contributed by atoms with Gasteiger partial charge in [-0.1, -0.05) is 25.0 Å². The maximum Gasteiger partial charge on any atom is 0.409 e. The number of guanidine groups is 1. The molecule has 7 heteroatoms. The van der Waals surface area contributed by atoms with E-state index in [-0.39, 0.29) is 23.4 Å². The fraction of sp³-hybridized carbons (Fsp3) is 0.619. The summed E-state index contributed by atoms with van der Waals surface area (Å²) in [5.41, 5.74) is 7.26. The molecule has 1 aromatic rings. The summed E-state index contributed by atoms with van der Waals surface area (Å²) in [5.74, 6) is 0.235. The zero-order valence-electron chi connectivity index (χ0n) is 16.6. The summed E-state index contributed by atoms with van der Waals surface area (Å²) in [7, 11) is 0. The Balaban J connectivity index is 1.55. The van der Waals surface area contributed by atoms with E-state index in [1.54, 1.807) is 4.90 Å². The SMILES string of the molecule is CCOC(=O)N1CCC(NC(N)=NCC2(c3ccc(F)cc3)CCCC2)CC1. The first kappa shape index (κ1) is 20.4. The van der Waals surface area contributed by atoms with Gasteiger partial charge in [0, 0.05) is 24.5 Å². The molecule has 1 amide bonds. The van der Waals surface area contributed by atoms with Crippen LogP contribution in [-0.4, -0.2) is 49.2 Å². The van der Waals surface area contributed by atoms with E-state index in [0.717, 1.165) is 44.1 Å². The molecule has 0 spiro atoms. The van der Waals surface area contributed by atoms with Crippen LogP contribution in [0, 0.1) is 5.82 Å². The second-order valence-electron chi connectivity index (χ2n) is 7.80. The molecule has 6 nitrogen and oxygen atoms in total. The number of hydrogen-bond acceptors (Lipinski definition) is 3. The number of piperidine rings is 1. The van der Waals surface area contributed by atoms with Crippen molar-refractivity contribution in [2.24, 2.45) is 10.7 Å². The van der Waals surface area contributed by atoms with Crippen LogP contribution in [0.25, 0.3) is 0 Å². The predicted octanol–water partition coefficient (Wildman–Crippen LogP) is 3.16. The van der Waals surface area contributed by atoms with Crippen molar-refractivity contribution in [1.29, 1.82) is 0 Å². The third-order valence-corrected chi connectivity index (χ3v) is 5.94. The van der Waals surface area contributed by atoms with Gasteiger partial charge in [-0.25, -0.2) is 9.18 Å². The second-order valence-corrected chi connectivity index (χ2v) is 7.80. The summed E-state index contributed by atoms with van der Waals surface area (Å²) in [4.78, 5) is 18.2. The maximum atomic E-state index is 13.3. The molecule has 154 valence electrons. The average molecular weight is 391 g/mol. The van der Waals surface area contributed by atoms with Gasteiger partial charge in [-0.05, 0) is 50.3 Å². The van der Waals surface area contributed by atoms with E-state index in [4.69, 9.17) is 10.5 Å². The Kier molecular flexibility index (Phi) is 6.75. The smallest absolute Gasteiger partial charge is 0.409 e. The van der Waals surface area contributed by atoms with Crippen LogP contribution in [0.2, 0.25) is 0 Å². The van der Waals surface area contributed by atoms with Crippen LogP contribution in [0.15, 0.2) is 29.3 Å². The molecule has 3 N–H and O–H groups in total. The van der Waals surface area contributed by atoms with Crippen LogP contribution in [-0.2, 0) is 10.2 Å². The second kappa shape index (κ2) is 9.26. The quantitative estimate of drug-likeness (QED) is 0.598. The number of hydrogen-bond donors (Lipinski definition) is 2. The van der Waals surface area contributed by atoms with E-state index in [2.05, 4.69) is 10.3 Å². The van der Waals surface area contributed by atoms with Gasteiger partial charge in [0.1, 0.15) is 5.82 Å². The minimum Gasteiger partial charge on any atom is -0.450 e. The number of nitrogens with one attached hydrogen (secondary N) is 1. The lowest BCUT2D eigenvalue weighted by Crippen LogP contribution is -2.48. The molecule has 0 radical (unpaired) electrons. The summed E-state index contributed by atoms with van der Waals surface area (Å²) in [6.07, 6.45) is 5.81. The first-order valence-electron chi connectivity index (χ1n) is 10.3. The third kappa shape index (κ3) is 4.94. The number of carbonyl (C=O) groups excluding carboxylic acids is 1. The van der Waals surface area contributed by atoms with Gasteiger partial charge in [0.05, 0.1) is 13.2 Å². The van der Waals surface area contributed by atoms with E-state index in [0.29, 0.717) is 32.2 Å². The van der Waals surface area contributed by atoms with Crippen molar-refractivity contribution >= 4 is 12.1 Å². The number of carbonyl (C=O) groups is 1. The lowest BCUT2D eigenvalue weighted by atomic mass is 9.79. The first-order valence-corrected chi connectivity index (χ1v) is 10.3. The topological polar surface area (TPSA) is 80.0 Å². The Hall–Kier alpha value is -2.31. The molecule has 2 fully saturated rings. The molecule has 1 aromatic carbocycles. The van der Waals surface area contributed by atoms with Crippen molar-refractivity contribution in [3.05, 3.63) is 35.6 Å². The molecule has 1 aliphatic carbocycles. The molecular weight excluding hydrogens is 359 g/mol. The summed E-state index contributed by atoms with van der Waals surface area (Å²) >= 11 is 0. The summed E-state index contributed by atoms with van der Waals surface area (Å²) in [6.45, 7) is 4.13. The molecule has 1 aliphatic heterocycles. The summed E-state index contributed by atoms with van der Waals surface area (Å²) in [6, 6.07) is 7.02. The van der Waals surface area contributed by atoms with Crippen molar-refractivity contribution in [3.63, 3.8) is 0 Å². The minimum atomic E-state index is -0.245. The van der Waals surface area contributed by atoms with Crippen molar-refractivity contribution in [2.45, 2.75) is 56.9 Å². The molecule has 0 bridgehead atoms. The number of nitrogens with zero attached hydrogens (tertiary/aromatic N) is 2. The van der Waals surface area contributed by atoms with Crippen LogP contribution < -0.4 is 11.1 Å². The number of rotatable bonds is 5. The van der Waals surface area contributed by atoms with Crippen LogP contribution in [0.5, 0.6) is 0 Å². The molecule has 0 unspecified atom stereocenters. The third-order valence-electron chi connectivity index (χ3n) is 5.94. The van der Waals surface area contributed by atoms with Gasteiger partial charge in [-0.3, -0.25) is 4.99 Å². The normalized spacial score (nSPS) is 20.2. The van der Waals surface area contributed by atoms with E-state index >= 15 is 0 Å². The highest BCUT2D eigenvalue weighted by Gasteiger charge is 2.35. The largest absolute Gasteiger partial charge is 0.450 e. The fourth-order valence-electron chi connectivity index (χ4n) is 4.31.